The Kier molecular flexibility index (Phi) is 5.08. The van der Waals surface area contributed by atoms with Gasteiger partial charge in [-0.05, 0) is 26.0 Å². The number of hydrogen-bond donors (Lipinski definition) is 1. The predicted molar refractivity (Wildman–Crippen MR) is 100 cm³/mol. The van der Waals surface area contributed by atoms with Crippen molar-refractivity contribution in [2.45, 2.75) is 25.9 Å². The first kappa shape index (κ1) is 17.5. The lowest BCUT2D eigenvalue weighted by Gasteiger charge is -2.18. The number of rotatable bonds is 5. The zero-order chi connectivity index (χ0) is 17.9. The van der Waals surface area contributed by atoms with Crippen LogP contribution < -0.4 is 14.9 Å². The molecule has 5 nitrogen and oxygen atoms in total. The lowest BCUT2D eigenvalue weighted by molar-refractivity contribution is -0.123. The molecule has 3 rings (SSSR count). The summed E-state index contributed by atoms with van der Waals surface area (Å²) < 4.78 is 12.4. The molecule has 25 heavy (non-hydrogen) atoms. The van der Waals surface area contributed by atoms with Gasteiger partial charge in [0.1, 0.15) is 5.60 Å². The highest BCUT2D eigenvalue weighted by molar-refractivity contribution is 9.10. The van der Waals surface area contributed by atoms with E-state index in [0.717, 1.165) is 27.8 Å². The fourth-order valence-corrected chi connectivity index (χ4v) is 3.02. The molecule has 1 amide bonds. The molecule has 1 aliphatic rings. The molecule has 0 atom stereocenters. The number of halogens is 1. The van der Waals surface area contributed by atoms with Gasteiger partial charge in [0.15, 0.2) is 18.1 Å². The van der Waals surface area contributed by atoms with Crippen LogP contribution in [0.2, 0.25) is 0 Å². The van der Waals surface area contributed by atoms with Crippen molar-refractivity contribution in [1.82, 2.24) is 5.43 Å². The maximum Gasteiger partial charge on any atom is 0.277 e. The van der Waals surface area contributed by atoms with Crippen molar-refractivity contribution in [3.05, 3.63) is 58.1 Å². The average molecular weight is 403 g/mol. The molecule has 0 spiro atoms. The lowest BCUT2D eigenvalue weighted by Crippen LogP contribution is -2.26. The minimum absolute atomic E-state index is 0.131. The number of para-hydroxylation sites is 1. The number of benzene rings is 2. The van der Waals surface area contributed by atoms with Gasteiger partial charge >= 0.3 is 0 Å². The maximum absolute atomic E-state index is 11.9. The number of ether oxygens (including phenoxy) is 2. The third kappa shape index (κ3) is 4.39. The van der Waals surface area contributed by atoms with Crippen LogP contribution in [0.5, 0.6) is 11.5 Å². The van der Waals surface area contributed by atoms with Crippen molar-refractivity contribution in [3.8, 4) is 11.5 Å². The van der Waals surface area contributed by atoms with E-state index >= 15 is 0 Å². The van der Waals surface area contributed by atoms with Crippen LogP contribution in [0.4, 0.5) is 0 Å². The van der Waals surface area contributed by atoms with Gasteiger partial charge in [-0.2, -0.15) is 5.10 Å². The molecule has 0 aliphatic carbocycles. The minimum Gasteiger partial charge on any atom is -0.483 e. The lowest BCUT2D eigenvalue weighted by atomic mass is 10.0. The smallest absolute Gasteiger partial charge is 0.277 e. The molecule has 0 bridgehead atoms. The number of hydrogen-bond acceptors (Lipinski definition) is 4. The van der Waals surface area contributed by atoms with Gasteiger partial charge in [0.2, 0.25) is 0 Å². The van der Waals surface area contributed by atoms with E-state index in [-0.39, 0.29) is 18.1 Å². The number of hydrazone groups is 1. The Morgan fingerprint density at radius 3 is 2.92 bits per heavy atom. The number of fused-ring (bicyclic) bond motifs is 1. The predicted octanol–water partition coefficient (Wildman–Crippen LogP) is 3.69. The third-order valence-corrected chi connectivity index (χ3v) is 4.43. The van der Waals surface area contributed by atoms with Gasteiger partial charge in [0.25, 0.3) is 5.91 Å². The van der Waals surface area contributed by atoms with Gasteiger partial charge in [0, 0.05) is 22.0 Å². The number of nitrogens with one attached hydrogen (secondary N) is 1. The van der Waals surface area contributed by atoms with Gasteiger partial charge < -0.3 is 9.47 Å². The van der Waals surface area contributed by atoms with E-state index < -0.39 is 0 Å². The molecule has 2 aromatic rings. The molecule has 1 N–H and O–H groups in total. The Balaban J connectivity index is 1.56. The van der Waals surface area contributed by atoms with Crippen LogP contribution in [0.15, 0.2) is 52.0 Å². The molecular weight excluding hydrogens is 384 g/mol. The van der Waals surface area contributed by atoms with E-state index in [1.807, 2.05) is 50.2 Å². The topological polar surface area (TPSA) is 59.9 Å². The van der Waals surface area contributed by atoms with Crippen LogP contribution in [-0.2, 0) is 11.2 Å². The molecular formula is C19H19BrN2O3. The highest BCUT2D eigenvalue weighted by atomic mass is 79.9. The molecule has 6 heteroatoms. The van der Waals surface area contributed by atoms with Crippen molar-refractivity contribution in [3.63, 3.8) is 0 Å². The Hall–Kier alpha value is -2.34. The van der Waals surface area contributed by atoms with Crippen LogP contribution in [0.1, 0.15) is 25.0 Å². The minimum atomic E-state index is -0.335. The average Bonchev–Trinajstić information content (AvgIpc) is 2.89. The highest BCUT2D eigenvalue weighted by Crippen LogP contribution is 2.41. The van der Waals surface area contributed by atoms with Gasteiger partial charge in [-0.3, -0.25) is 4.79 Å². The number of carbonyl (C=O) groups is 1. The summed E-state index contributed by atoms with van der Waals surface area (Å²) in [6.45, 7) is 3.92. The number of carbonyl (C=O) groups excluding carboxylic acids is 1. The van der Waals surface area contributed by atoms with Crippen LogP contribution >= 0.6 is 15.9 Å². The second-order valence-electron chi connectivity index (χ2n) is 6.39. The summed E-state index contributed by atoms with van der Waals surface area (Å²) in [6.07, 6.45) is 2.40. The first-order chi connectivity index (χ1) is 11.9. The molecule has 2 aromatic carbocycles. The fourth-order valence-electron chi connectivity index (χ4n) is 2.63. The van der Waals surface area contributed by atoms with Gasteiger partial charge in [0.05, 0.1) is 6.21 Å². The van der Waals surface area contributed by atoms with Gasteiger partial charge in [-0.1, -0.05) is 46.3 Å². The van der Waals surface area contributed by atoms with E-state index in [4.69, 9.17) is 9.47 Å². The summed E-state index contributed by atoms with van der Waals surface area (Å²) in [4.78, 5) is 11.9. The van der Waals surface area contributed by atoms with Crippen molar-refractivity contribution in [2.75, 3.05) is 6.61 Å². The largest absolute Gasteiger partial charge is 0.483 e. The van der Waals surface area contributed by atoms with Crippen LogP contribution in [0.3, 0.4) is 0 Å². The van der Waals surface area contributed by atoms with E-state index in [1.165, 1.54) is 0 Å². The van der Waals surface area contributed by atoms with Crippen LogP contribution in [-0.4, -0.2) is 24.3 Å². The number of amides is 1. The van der Waals surface area contributed by atoms with Gasteiger partial charge in [-0.15, -0.1) is 0 Å². The SMILES string of the molecule is CC1(C)Cc2cccc(OCC(=O)NN=Cc3ccccc3Br)c2O1. The standard InChI is InChI=1S/C19H19BrN2O3/c1-19(2)10-13-7-5-9-16(18(13)25-19)24-12-17(23)22-21-11-14-6-3-4-8-15(14)20/h3-9,11H,10,12H2,1-2H3,(H,22,23). The summed E-state index contributed by atoms with van der Waals surface area (Å²) in [5.74, 6) is 0.961. The van der Waals surface area contributed by atoms with Crippen molar-refractivity contribution in [2.24, 2.45) is 5.10 Å². The Bertz CT molecular complexity index is 818. The molecule has 0 fully saturated rings. The van der Waals surface area contributed by atoms with Crippen molar-refractivity contribution < 1.29 is 14.3 Å². The third-order valence-electron chi connectivity index (χ3n) is 3.71. The summed E-state index contributed by atoms with van der Waals surface area (Å²) in [5, 5.41) is 3.94. The summed E-state index contributed by atoms with van der Waals surface area (Å²) in [6, 6.07) is 13.3. The molecule has 0 saturated carbocycles. The van der Waals surface area contributed by atoms with E-state index in [9.17, 15) is 4.79 Å². The first-order valence-electron chi connectivity index (χ1n) is 7.95. The van der Waals surface area contributed by atoms with Crippen LogP contribution in [0.25, 0.3) is 0 Å². The maximum atomic E-state index is 11.9. The Morgan fingerprint density at radius 1 is 1.32 bits per heavy atom. The van der Waals surface area contributed by atoms with E-state index in [2.05, 4.69) is 26.5 Å². The van der Waals surface area contributed by atoms with Gasteiger partial charge in [-0.25, -0.2) is 5.43 Å². The summed E-state index contributed by atoms with van der Waals surface area (Å²) >= 11 is 3.42. The van der Waals surface area contributed by atoms with E-state index in [1.54, 1.807) is 12.3 Å². The quantitative estimate of drug-likeness (QED) is 0.612. The molecule has 130 valence electrons. The Labute approximate surface area is 155 Å². The van der Waals surface area contributed by atoms with Crippen LogP contribution in [0, 0.1) is 0 Å². The second kappa shape index (κ2) is 7.27. The molecule has 0 saturated heterocycles. The molecule has 1 heterocycles. The molecule has 1 aliphatic heterocycles. The molecule has 0 aromatic heterocycles. The van der Waals surface area contributed by atoms with Crippen molar-refractivity contribution in [1.29, 1.82) is 0 Å². The molecule has 0 radical (unpaired) electrons. The highest BCUT2D eigenvalue weighted by Gasteiger charge is 2.32. The van der Waals surface area contributed by atoms with E-state index in [0.29, 0.717) is 5.75 Å². The normalized spacial score (nSPS) is 14.8. The second-order valence-corrected chi connectivity index (χ2v) is 7.24. The first-order valence-corrected chi connectivity index (χ1v) is 8.74. The molecule has 0 unspecified atom stereocenters. The monoisotopic (exact) mass is 402 g/mol. The zero-order valence-electron chi connectivity index (χ0n) is 14.1. The fraction of sp³-hybridized carbons (Fsp3) is 0.263. The Morgan fingerprint density at radius 2 is 2.12 bits per heavy atom. The van der Waals surface area contributed by atoms with Crippen molar-refractivity contribution >= 4 is 28.1 Å². The zero-order valence-corrected chi connectivity index (χ0v) is 15.7. The number of nitrogens with zero attached hydrogens (tertiary/aromatic N) is 1. The summed E-state index contributed by atoms with van der Waals surface area (Å²) in [5.41, 5.74) is 4.17. The summed E-state index contributed by atoms with van der Waals surface area (Å²) in [7, 11) is 0.